The van der Waals surface area contributed by atoms with Crippen LogP contribution < -0.4 is 0 Å². The molecule has 1 aromatic rings. The summed E-state index contributed by atoms with van der Waals surface area (Å²) in [7, 11) is 0. The molecule has 0 aliphatic carbocycles. The van der Waals surface area contributed by atoms with Crippen LogP contribution in [0, 0.1) is 0 Å². The molecule has 102 valence electrons. The normalized spacial score (nSPS) is 10.3. The molecule has 0 saturated heterocycles. The molecule has 4 heteroatoms. The predicted octanol–water partition coefficient (Wildman–Crippen LogP) is 3.17. The molecule has 0 fully saturated rings. The van der Waals surface area contributed by atoms with Gasteiger partial charge >= 0.3 is 0 Å². The Balaban J connectivity index is 3.62. The van der Waals surface area contributed by atoms with Gasteiger partial charge in [0.1, 0.15) is 5.75 Å². The van der Waals surface area contributed by atoms with Crippen molar-refractivity contribution in [3.8, 4) is 5.75 Å². The van der Waals surface area contributed by atoms with E-state index < -0.39 is 0 Å². The third-order valence-electron chi connectivity index (χ3n) is 2.97. The molecule has 0 spiro atoms. The number of aromatic hydroxyl groups is 1. The second-order valence-corrected chi connectivity index (χ2v) is 4.25. The van der Waals surface area contributed by atoms with E-state index in [2.05, 4.69) is 0 Å². The number of benzene rings is 1. The van der Waals surface area contributed by atoms with Gasteiger partial charge in [-0.15, -0.1) is 0 Å². The summed E-state index contributed by atoms with van der Waals surface area (Å²) in [6.45, 7) is 5.03. The first-order chi connectivity index (χ1) is 8.96. The van der Waals surface area contributed by atoms with Crippen LogP contribution in [0.25, 0.3) is 0 Å². The fraction of sp³-hybridized carbons (Fsp3) is 0.400. The van der Waals surface area contributed by atoms with E-state index in [0.29, 0.717) is 0 Å². The third-order valence-corrected chi connectivity index (χ3v) is 2.97. The van der Waals surface area contributed by atoms with Crippen molar-refractivity contribution in [3.05, 3.63) is 28.8 Å². The topological polar surface area (TPSA) is 71.4 Å². The Morgan fingerprint density at radius 1 is 0.842 bits per heavy atom. The molecule has 0 heterocycles. The van der Waals surface area contributed by atoms with E-state index in [9.17, 15) is 19.5 Å². The van der Waals surface area contributed by atoms with Gasteiger partial charge in [-0.25, -0.2) is 0 Å². The quantitative estimate of drug-likeness (QED) is 0.799. The number of Topliss-reactive ketones (excluding diaryl/α,β-unsaturated/α-hetero) is 3. The Hall–Kier alpha value is -1.97. The SMILES string of the molecule is CCC(=O)c1cc(O)cc(C(=O)CC)c1C(=O)CC. The molecule has 0 aliphatic heterocycles. The predicted molar refractivity (Wildman–Crippen MR) is 72.0 cm³/mol. The Morgan fingerprint density at radius 3 is 1.53 bits per heavy atom. The minimum atomic E-state index is -0.256. The number of hydrogen-bond donors (Lipinski definition) is 1. The van der Waals surface area contributed by atoms with Crippen LogP contribution in [0.1, 0.15) is 71.1 Å². The smallest absolute Gasteiger partial charge is 0.164 e. The summed E-state index contributed by atoms with van der Waals surface area (Å²) in [5.74, 6) is -0.925. The average Bonchev–Trinajstić information content (AvgIpc) is 2.43. The highest BCUT2D eigenvalue weighted by Crippen LogP contribution is 2.25. The van der Waals surface area contributed by atoms with Gasteiger partial charge in [0.25, 0.3) is 0 Å². The molecule has 0 radical (unpaired) electrons. The zero-order valence-corrected chi connectivity index (χ0v) is 11.4. The summed E-state index contributed by atoms with van der Waals surface area (Å²) in [5.41, 5.74) is 0.441. The van der Waals surface area contributed by atoms with E-state index in [-0.39, 0.29) is 59.1 Å². The summed E-state index contributed by atoms with van der Waals surface area (Å²) in [4.78, 5) is 35.8. The van der Waals surface area contributed by atoms with Crippen LogP contribution >= 0.6 is 0 Å². The average molecular weight is 262 g/mol. The van der Waals surface area contributed by atoms with Crippen molar-refractivity contribution in [2.45, 2.75) is 40.0 Å². The van der Waals surface area contributed by atoms with Crippen LogP contribution in [-0.2, 0) is 0 Å². The van der Waals surface area contributed by atoms with E-state index >= 15 is 0 Å². The Kier molecular flexibility index (Phi) is 4.98. The van der Waals surface area contributed by atoms with Crippen molar-refractivity contribution in [1.82, 2.24) is 0 Å². The van der Waals surface area contributed by atoms with Crippen molar-refractivity contribution in [3.63, 3.8) is 0 Å². The van der Waals surface area contributed by atoms with Crippen LogP contribution in [0.3, 0.4) is 0 Å². The largest absolute Gasteiger partial charge is 0.508 e. The van der Waals surface area contributed by atoms with Gasteiger partial charge in [0.2, 0.25) is 0 Å². The van der Waals surface area contributed by atoms with Gasteiger partial charge in [0.05, 0.1) is 0 Å². The van der Waals surface area contributed by atoms with Crippen molar-refractivity contribution in [1.29, 1.82) is 0 Å². The number of ketones is 3. The van der Waals surface area contributed by atoms with Crippen molar-refractivity contribution < 1.29 is 19.5 Å². The molecule has 1 aromatic carbocycles. The van der Waals surface area contributed by atoms with Crippen LogP contribution in [0.2, 0.25) is 0 Å². The molecule has 0 bridgehead atoms. The molecule has 19 heavy (non-hydrogen) atoms. The number of hydrogen-bond acceptors (Lipinski definition) is 4. The molecule has 0 aliphatic rings. The molecular weight excluding hydrogens is 244 g/mol. The number of rotatable bonds is 6. The van der Waals surface area contributed by atoms with Crippen molar-refractivity contribution in [2.24, 2.45) is 0 Å². The van der Waals surface area contributed by atoms with Gasteiger partial charge < -0.3 is 5.11 Å². The maximum Gasteiger partial charge on any atom is 0.164 e. The maximum absolute atomic E-state index is 12.0. The lowest BCUT2D eigenvalue weighted by molar-refractivity contribution is 0.0941. The Bertz CT molecular complexity index is 492. The number of phenolic OH excluding ortho intramolecular Hbond substituents is 1. The lowest BCUT2D eigenvalue weighted by Gasteiger charge is -2.12. The highest BCUT2D eigenvalue weighted by Gasteiger charge is 2.23. The first-order valence-corrected chi connectivity index (χ1v) is 6.42. The van der Waals surface area contributed by atoms with Crippen molar-refractivity contribution >= 4 is 17.3 Å². The van der Waals surface area contributed by atoms with E-state index in [4.69, 9.17) is 0 Å². The Morgan fingerprint density at radius 2 is 1.21 bits per heavy atom. The second kappa shape index (κ2) is 6.27. The highest BCUT2D eigenvalue weighted by molar-refractivity contribution is 6.15. The highest BCUT2D eigenvalue weighted by atomic mass is 16.3. The summed E-state index contributed by atoms with van der Waals surface area (Å²) in [6, 6.07) is 2.53. The van der Waals surface area contributed by atoms with E-state index in [1.165, 1.54) is 12.1 Å². The monoisotopic (exact) mass is 262 g/mol. The van der Waals surface area contributed by atoms with Crippen LogP contribution in [-0.4, -0.2) is 22.5 Å². The van der Waals surface area contributed by atoms with Crippen LogP contribution in [0.15, 0.2) is 12.1 Å². The molecule has 1 N–H and O–H groups in total. The fourth-order valence-electron chi connectivity index (χ4n) is 1.92. The summed E-state index contributed by atoms with van der Waals surface area (Å²) < 4.78 is 0. The molecule has 0 amide bonds. The van der Waals surface area contributed by atoms with Crippen LogP contribution in [0.4, 0.5) is 0 Å². The van der Waals surface area contributed by atoms with Crippen LogP contribution in [0.5, 0.6) is 5.75 Å². The van der Waals surface area contributed by atoms with E-state index in [1.807, 2.05) is 0 Å². The van der Waals surface area contributed by atoms with Gasteiger partial charge in [-0.1, -0.05) is 20.8 Å². The van der Waals surface area contributed by atoms with Gasteiger partial charge in [-0.05, 0) is 12.1 Å². The van der Waals surface area contributed by atoms with E-state index in [1.54, 1.807) is 20.8 Å². The first kappa shape index (κ1) is 15.1. The number of carbonyl (C=O) groups is 3. The summed E-state index contributed by atoms with van der Waals surface area (Å²) in [6.07, 6.45) is 0.638. The third kappa shape index (κ3) is 3.08. The number of phenols is 1. The van der Waals surface area contributed by atoms with Crippen molar-refractivity contribution in [2.75, 3.05) is 0 Å². The maximum atomic E-state index is 12.0. The standard InChI is InChI=1S/C15H18O4/c1-4-12(17)10-7-9(16)8-11(13(18)5-2)15(10)14(19)6-3/h7-8,16H,4-6H2,1-3H3. The molecule has 0 aromatic heterocycles. The molecule has 1 rings (SSSR count). The fourth-order valence-corrected chi connectivity index (χ4v) is 1.92. The van der Waals surface area contributed by atoms with Gasteiger partial charge in [0.15, 0.2) is 17.3 Å². The molecular formula is C15H18O4. The zero-order valence-electron chi connectivity index (χ0n) is 11.4. The molecule has 4 nitrogen and oxygen atoms in total. The minimum absolute atomic E-state index is 0.145. The van der Waals surface area contributed by atoms with Gasteiger partial charge in [-0.3, -0.25) is 14.4 Å². The second-order valence-electron chi connectivity index (χ2n) is 4.25. The first-order valence-electron chi connectivity index (χ1n) is 6.42. The Labute approximate surface area is 112 Å². The minimum Gasteiger partial charge on any atom is -0.508 e. The lowest BCUT2D eigenvalue weighted by atomic mass is 9.90. The van der Waals surface area contributed by atoms with E-state index in [0.717, 1.165) is 0 Å². The molecule has 0 unspecified atom stereocenters. The summed E-state index contributed by atoms with van der Waals surface area (Å²) in [5, 5.41) is 9.65. The van der Waals surface area contributed by atoms with Gasteiger partial charge in [0, 0.05) is 36.0 Å². The van der Waals surface area contributed by atoms with Gasteiger partial charge in [-0.2, -0.15) is 0 Å². The molecule has 0 atom stereocenters. The molecule has 0 saturated carbocycles. The zero-order chi connectivity index (χ0) is 14.6. The summed E-state index contributed by atoms with van der Waals surface area (Å²) >= 11 is 0. The number of carbonyl (C=O) groups excluding carboxylic acids is 3. The lowest BCUT2D eigenvalue weighted by Crippen LogP contribution is -2.14.